The Balaban J connectivity index is 1.99. The van der Waals surface area contributed by atoms with Crippen molar-refractivity contribution >= 4 is 22.5 Å². The minimum atomic E-state index is 0.130. The van der Waals surface area contributed by atoms with Gasteiger partial charge in [-0.3, -0.25) is 0 Å². The molecule has 0 fully saturated rings. The number of hydrogen-bond acceptors (Lipinski definition) is 2. The van der Waals surface area contributed by atoms with Crippen LogP contribution in [0.4, 0.5) is 0 Å². The Bertz CT molecular complexity index is 852. The highest BCUT2D eigenvalue weighted by molar-refractivity contribution is 6.31. The molecular weight excluding hydrogens is 332 g/mol. The van der Waals surface area contributed by atoms with E-state index >= 15 is 0 Å². The Morgan fingerprint density at radius 1 is 1.12 bits per heavy atom. The summed E-state index contributed by atoms with van der Waals surface area (Å²) in [5.74, 6) is 0. The van der Waals surface area contributed by atoms with Crippen molar-refractivity contribution in [1.29, 1.82) is 0 Å². The van der Waals surface area contributed by atoms with Gasteiger partial charge >= 0.3 is 0 Å². The maximum Gasteiger partial charge on any atom is 0.0584 e. The predicted molar refractivity (Wildman–Crippen MR) is 105 cm³/mol. The molecule has 2 aromatic carbocycles. The maximum atomic E-state index is 9.43. The van der Waals surface area contributed by atoms with Crippen LogP contribution in [0.1, 0.15) is 30.2 Å². The number of rotatable bonds is 7. The molecule has 1 atom stereocenters. The fourth-order valence-corrected chi connectivity index (χ4v) is 3.51. The number of nitrogens with one attached hydrogen (secondary N) is 1. The Labute approximate surface area is 154 Å². The van der Waals surface area contributed by atoms with E-state index in [1.165, 1.54) is 22.2 Å². The number of hydrogen-bond donors (Lipinski definition) is 2. The van der Waals surface area contributed by atoms with Crippen LogP contribution < -0.4 is 5.32 Å². The summed E-state index contributed by atoms with van der Waals surface area (Å²) in [6.45, 7) is 5.91. The normalized spacial score (nSPS) is 12.6. The molecule has 0 saturated carbocycles. The molecule has 3 nitrogen and oxygen atoms in total. The smallest absolute Gasteiger partial charge is 0.0584 e. The highest BCUT2D eigenvalue weighted by Gasteiger charge is 2.15. The SMILES string of the molecule is CCC(CO)NCc1c(C)n(Cc2ccccc2Cl)c2ccccc12. The van der Waals surface area contributed by atoms with Gasteiger partial charge in [0.15, 0.2) is 0 Å². The summed E-state index contributed by atoms with van der Waals surface area (Å²) in [7, 11) is 0. The Morgan fingerprint density at radius 3 is 2.56 bits per heavy atom. The first-order chi connectivity index (χ1) is 12.2. The second-order valence-corrected chi connectivity index (χ2v) is 6.83. The molecule has 1 unspecified atom stereocenters. The second-order valence-electron chi connectivity index (χ2n) is 6.43. The average molecular weight is 357 g/mol. The standard InChI is InChI=1S/C21H25ClN2O/c1-3-17(14-25)23-12-19-15(2)24(21-11-7-5-9-18(19)21)13-16-8-4-6-10-20(16)22/h4-11,17,23,25H,3,12-14H2,1-2H3. The van der Waals surface area contributed by atoms with Crippen LogP contribution in [0.15, 0.2) is 48.5 Å². The van der Waals surface area contributed by atoms with Crippen LogP contribution in [0.3, 0.4) is 0 Å². The highest BCUT2D eigenvalue weighted by atomic mass is 35.5. The van der Waals surface area contributed by atoms with E-state index in [0.29, 0.717) is 0 Å². The maximum absolute atomic E-state index is 9.43. The van der Waals surface area contributed by atoms with Gasteiger partial charge in [0.1, 0.15) is 0 Å². The second kappa shape index (κ2) is 8.05. The lowest BCUT2D eigenvalue weighted by molar-refractivity contribution is 0.238. The van der Waals surface area contributed by atoms with Gasteiger partial charge in [0.2, 0.25) is 0 Å². The Kier molecular flexibility index (Phi) is 5.79. The van der Waals surface area contributed by atoms with E-state index in [4.69, 9.17) is 11.6 Å². The van der Waals surface area contributed by atoms with Crippen LogP contribution in [-0.2, 0) is 13.1 Å². The number of fused-ring (bicyclic) bond motifs is 1. The molecule has 0 radical (unpaired) electrons. The van der Waals surface area contributed by atoms with Gasteiger partial charge in [0.05, 0.1) is 6.61 Å². The molecule has 4 heteroatoms. The van der Waals surface area contributed by atoms with Crippen LogP contribution in [0, 0.1) is 6.92 Å². The van der Waals surface area contributed by atoms with Gasteiger partial charge in [0, 0.05) is 40.8 Å². The molecule has 0 aliphatic heterocycles. The van der Waals surface area contributed by atoms with Crippen molar-refractivity contribution in [3.05, 3.63) is 70.4 Å². The van der Waals surface area contributed by atoms with Gasteiger partial charge < -0.3 is 15.0 Å². The zero-order valence-corrected chi connectivity index (χ0v) is 15.6. The third-order valence-corrected chi connectivity index (χ3v) is 5.30. The van der Waals surface area contributed by atoms with Crippen molar-refractivity contribution < 1.29 is 5.11 Å². The third-order valence-electron chi connectivity index (χ3n) is 4.93. The monoisotopic (exact) mass is 356 g/mol. The van der Waals surface area contributed by atoms with Crippen LogP contribution in [0.25, 0.3) is 10.9 Å². The summed E-state index contributed by atoms with van der Waals surface area (Å²) >= 11 is 6.37. The minimum Gasteiger partial charge on any atom is -0.395 e. The van der Waals surface area contributed by atoms with E-state index in [1.807, 2.05) is 18.2 Å². The molecule has 2 N–H and O–H groups in total. The summed E-state index contributed by atoms with van der Waals surface area (Å²) in [6, 6.07) is 16.6. The number of aliphatic hydroxyl groups excluding tert-OH is 1. The van der Waals surface area contributed by atoms with E-state index in [-0.39, 0.29) is 12.6 Å². The number of nitrogens with zero attached hydrogens (tertiary/aromatic N) is 1. The van der Waals surface area contributed by atoms with E-state index in [0.717, 1.165) is 30.1 Å². The number of para-hydroxylation sites is 1. The van der Waals surface area contributed by atoms with Crippen molar-refractivity contribution in [3.8, 4) is 0 Å². The molecular formula is C21H25ClN2O. The number of halogens is 1. The Hall–Kier alpha value is -1.81. The van der Waals surface area contributed by atoms with Gasteiger partial charge in [-0.1, -0.05) is 54.9 Å². The summed E-state index contributed by atoms with van der Waals surface area (Å²) in [5.41, 5.74) is 4.86. The molecule has 0 saturated heterocycles. The molecule has 25 heavy (non-hydrogen) atoms. The molecule has 3 rings (SSSR count). The van der Waals surface area contributed by atoms with E-state index in [2.05, 4.69) is 54.1 Å². The number of aromatic nitrogens is 1. The first kappa shape index (κ1) is 18.0. The van der Waals surface area contributed by atoms with Crippen molar-refractivity contribution in [2.75, 3.05) is 6.61 Å². The molecule has 0 bridgehead atoms. The first-order valence-corrected chi connectivity index (χ1v) is 9.17. The number of benzene rings is 2. The summed E-state index contributed by atoms with van der Waals surface area (Å²) in [6.07, 6.45) is 0.911. The van der Waals surface area contributed by atoms with Gasteiger partial charge in [-0.05, 0) is 36.6 Å². The minimum absolute atomic E-state index is 0.130. The van der Waals surface area contributed by atoms with Gasteiger partial charge in [-0.25, -0.2) is 0 Å². The largest absolute Gasteiger partial charge is 0.395 e. The summed E-state index contributed by atoms with van der Waals surface area (Å²) in [5, 5.41) is 15.0. The van der Waals surface area contributed by atoms with E-state index in [1.54, 1.807) is 0 Å². The molecule has 1 aromatic heterocycles. The van der Waals surface area contributed by atoms with Crippen molar-refractivity contribution in [3.63, 3.8) is 0 Å². The zero-order chi connectivity index (χ0) is 17.8. The predicted octanol–water partition coefficient (Wildman–Crippen LogP) is 4.51. The van der Waals surface area contributed by atoms with Crippen molar-refractivity contribution in [2.24, 2.45) is 0 Å². The molecule has 0 spiro atoms. The van der Waals surface area contributed by atoms with Crippen molar-refractivity contribution in [1.82, 2.24) is 9.88 Å². The third kappa shape index (κ3) is 3.74. The van der Waals surface area contributed by atoms with Gasteiger partial charge in [-0.2, -0.15) is 0 Å². The molecule has 0 aliphatic rings. The molecule has 3 aromatic rings. The van der Waals surface area contributed by atoms with Crippen LogP contribution in [0.2, 0.25) is 5.02 Å². The van der Waals surface area contributed by atoms with Crippen LogP contribution >= 0.6 is 11.6 Å². The van der Waals surface area contributed by atoms with E-state index in [9.17, 15) is 5.11 Å². The Morgan fingerprint density at radius 2 is 1.84 bits per heavy atom. The molecule has 1 heterocycles. The van der Waals surface area contributed by atoms with Gasteiger partial charge in [-0.15, -0.1) is 0 Å². The van der Waals surface area contributed by atoms with Crippen molar-refractivity contribution in [2.45, 2.75) is 39.4 Å². The number of aliphatic hydroxyl groups is 1. The average Bonchev–Trinajstić information content (AvgIpc) is 2.90. The lowest BCUT2D eigenvalue weighted by Gasteiger charge is -2.14. The first-order valence-electron chi connectivity index (χ1n) is 8.80. The topological polar surface area (TPSA) is 37.2 Å². The van der Waals surface area contributed by atoms with Gasteiger partial charge in [0.25, 0.3) is 0 Å². The fourth-order valence-electron chi connectivity index (χ4n) is 3.31. The van der Waals surface area contributed by atoms with E-state index < -0.39 is 0 Å². The van der Waals surface area contributed by atoms with Crippen LogP contribution in [0.5, 0.6) is 0 Å². The fraction of sp³-hybridized carbons (Fsp3) is 0.333. The molecule has 0 amide bonds. The summed E-state index contributed by atoms with van der Waals surface area (Å²) < 4.78 is 2.33. The quantitative estimate of drug-likeness (QED) is 0.653. The molecule has 0 aliphatic carbocycles. The summed E-state index contributed by atoms with van der Waals surface area (Å²) in [4.78, 5) is 0. The van der Waals surface area contributed by atoms with Crippen LogP contribution in [-0.4, -0.2) is 22.3 Å². The molecule has 132 valence electrons. The lowest BCUT2D eigenvalue weighted by atomic mass is 10.1. The highest BCUT2D eigenvalue weighted by Crippen LogP contribution is 2.28. The lowest BCUT2D eigenvalue weighted by Crippen LogP contribution is -2.31. The zero-order valence-electron chi connectivity index (χ0n) is 14.8.